The fourth-order valence-corrected chi connectivity index (χ4v) is 4.12. The molecule has 0 amide bonds. The highest BCUT2D eigenvalue weighted by Gasteiger charge is 2.30. The van der Waals surface area contributed by atoms with Gasteiger partial charge >= 0.3 is 5.97 Å². The molecule has 2 aromatic rings. The van der Waals surface area contributed by atoms with Gasteiger partial charge in [0.05, 0.1) is 25.0 Å². The second kappa shape index (κ2) is 10.4. The molecule has 172 valence electrons. The first-order valence-corrected chi connectivity index (χ1v) is 11.1. The van der Waals surface area contributed by atoms with Crippen molar-refractivity contribution in [3.05, 3.63) is 58.7 Å². The van der Waals surface area contributed by atoms with E-state index < -0.39 is 18.0 Å². The summed E-state index contributed by atoms with van der Waals surface area (Å²) in [5, 5.41) is 10.3. The fraction of sp³-hybridized carbons (Fsp3) is 0.462. The molecule has 0 aliphatic carbocycles. The molecule has 32 heavy (non-hydrogen) atoms. The lowest BCUT2D eigenvalue weighted by atomic mass is 9.86. The molecule has 6 heteroatoms. The van der Waals surface area contributed by atoms with E-state index in [9.17, 15) is 14.3 Å². The second-order valence-corrected chi connectivity index (χ2v) is 8.81. The highest BCUT2D eigenvalue weighted by molar-refractivity contribution is 5.82. The lowest BCUT2D eigenvalue weighted by Gasteiger charge is -2.25. The predicted molar refractivity (Wildman–Crippen MR) is 123 cm³/mol. The summed E-state index contributed by atoms with van der Waals surface area (Å²) in [7, 11) is 1.64. The summed E-state index contributed by atoms with van der Waals surface area (Å²) in [6, 6.07) is 6.37. The molecular formula is C26H32FNO4. The summed E-state index contributed by atoms with van der Waals surface area (Å²) in [5.74, 6) is -1.22. The highest BCUT2D eigenvalue weighted by Crippen LogP contribution is 2.38. The maximum atomic E-state index is 13.7. The lowest BCUT2D eigenvalue weighted by molar-refractivity contribution is -0.157. The van der Waals surface area contributed by atoms with E-state index in [-0.39, 0.29) is 24.3 Å². The van der Waals surface area contributed by atoms with Crippen molar-refractivity contribution < 1.29 is 23.8 Å². The summed E-state index contributed by atoms with van der Waals surface area (Å²) in [5.41, 5.74) is 5.34. The number of rotatable bonds is 7. The molecule has 0 spiro atoms. The number of carbonyl (C=O) groups excluding carboxylic acids is 1. The van der Waals surface area contributed by atoms with Crippen LogP contribution in [0, 0.1) is 11.7 Å². The van der Waals surface area contributed by atoms with Gasteiger partial charge in [0.15, 0.2) is 0 Å². The van der Waals surface area contributed by atoms with Crippen molar-refractivity contribution in [3.8, 4) is 11.1 Å². The monoisotopic (exact) mass is 441 g/mol. The average molecular weight is 442 g/mol. The topological polar surface area (TPSA) is 68.7 Å². The molecular weight excluding hydrogens is 409 g/mol. The van der Waals surface area contributed by atoms with Gasteiger partial charge in [-0.2, -0.15) is 0 Å². The second-order valence-electron chi connectivity index (χ2n) is 8.81. The largest absolute Gasteiger partial charge is 0.465 e. The molecule has 2 atom stereocenters. The summed E-state index contributed by atoms with van der Waals surface area (Å²) in [6.45, 7) is 8.88. The Morgan fingerprint density at radius 3 is 2.41 bits per heavy atom. The minimum Gasteiger partial charge on any atom is -0.465 e. The zero-order valence-corrected chi connectivity index (χ0v) is 19.4. The smallest absolute Gasteiger partial charge is 0.315 e. The molecule has 5 nitrogen and oxygen atoms in total. The molecule has 3 rings (SSSR count). The molecule has 0 bridgehead atoms. The fourth-order valence-electron chi connectivity index (χ4n) is 4.12. The number of esters is 1. The third-order valence-corrected chi connectivity index (χ3v) is 5.73. The number of nitrogens with zero attached hydrogens (tertiary/aromatic N) is 1. The van der Waals surface area contributed by atoms with Crippen LogP contribution >= 0.6 is 0 Å². The van der Waals surface area contributed by atoms with Crippen molar-refractivity contribution >= 4 is 12.0 Å². The Morgan fingerprint density at radius 1 is 1.19 bits per heavy atom. The van der Waals surface area contributed by atoms with Crippen molar-refractivity contribution in [2.75, 3.05) is 13.7 Å². The maximum Gasteiger partial charge on any atom is 0.315 e. The van der Waals surface area contributed by atoms with Crippen LogP contribution in [0.25, 0.3) is 17.2 Å². The Labute approximate surface area is 189 Å². The number of carbonyl (C=O) groups is 1. The molecule has 1 aliphatic heterocycles. The quantitative estimate of drug-likeness (QED) is 0.597. The first-order valence-electron chi connectivity index (χ1n) is 11.1. The molecule has 1 N–H and O–H groups in total. The van der Waals surface area contributed by atoms with E-state index >= 15 is 0 Å². The number of halogens is 1. The highest BCUT2D eigenvalue weighted by atomic mass is 19.1. The van der Waals surface area contributed by atoms with Crippen LogP contribution in [-0.2, 0) is 20.9 Å². The van der Waals surface area contributed by atoms with Gasteiger partial charge in [0.2, 0.25) is 0 Å². The number of cyclic esters (lactones) is 1. The number of hydrogen-bond donors (Lipinski definition) is 1. The molecule has 0 radical (unpaired) electrons. The van der Waals surface area contributed by atoms with Crippen molar-refractivity contribution in [1.29, 1.82) is 0 Å². The number of methoxy groups -OCH3 is 1. The van der Waals surface area contributed by atoms with Gasteiger partial charge in [-0.05, 0) is 35.1 Å². The summed E-state index contributed by atoms with van der Waals surface area (Å²) >= 11 is 0. The van der Waals surface area contributed by atoms with Gasteiger partial charge in [-0.3, -0.25) is 9.78 Å². The number of pyridine rings is 1. The molecule has 1 aliphatic rings. The molecule has 0 saturated carbocycles. The third kappa shape index (κ3) is 5.08. The Balaban J connectivity index is 2.29. The number of aromatic nitrogens is 1. The normalized spacial score (nSPS) is 19.2. The van der Waals surface area contributed by atoms with Gasteiger partial charge in [0.25, 0.3) is 0 Å². The van der Waals surface area contributed by atoms with Gasteiger partial charge in [0.1, 0.15) is 11.7 Å². The number of aliphatic hydroxyl groups is 1. The van der Waals surface area contributed by atoms with E-state index in [0.717, 1.165) is 33.6 Å². The number of aliphatic hydroxyl groups excluding tert-OH is 1. The van der Waals surface area contributed by atoms with Crippen LogP contribution in [0.1, 0.15) is 68.5 Å². The van der Waals surface area contributed by atoms with E-state index in [4.69, 9.17) is 14.5 Å². The number of benzene rings is 1. The Bertz CT molecular complexity index is 982. The van der Waals surface area contributed by atoms with E-state index in [2.05, 4.69) is 27.7 Å². The molecule has 1 aromatic heterocycles. The minimum atomic E-state index is -0.786. The van der Waals surface area contributed by atoms with Crippen LogP contribution in [0.5, 0.6) is 0 Å². The first kappa shape index (κ1) is 24.1. The first-order chi connectivity index (χ1) is 15.2. The Hall–Kier alpha value is -2.57. The van der Waals surface area contributed by atoms with Gasteiger partial charge in [-0.1, -0.05) is 52.0 Å². The maximum absolute atomic E-state index is 13.7. The lowest BCUT2D eigenvalue weighted by Crippen LogP contribution is -2.34. The summed E-state index contributed by atoms with van der Waals surface area (Å²) in [4.78, 5) is 17.3. The van der Waals surface area contributed by atoms with Crippen LogP contribution in [0.3, 0.4) is 0 Å². The zero-order chi connectivity index (χ0) is 23.4. The van der Waals surface area contributed by atoms with Crippen LogP contribution in [0.4, 0.5) is 4.39 Å². The molecule has 1 aromatic carbocycles. The summed E-state index contributed by atoms with van der Waals surface area (Å²) < 4.78 is 24.4. The Kier molecular flexibility index (Phi) is 7.80. The zero-order valence-electron chi connectivity index (χ0n) is 19.4. The van der Waals surface area contributed by atoms with E-state index in [1.54, 1.807) is 25.3 Å². The summed E-state index contributed by atoms with van der Waals surface area (Å²) in [6.07, 6.45) is 3.17. The molecule has 2 heterocycles. The van der Waals surface area contributed by atoms with Crippen LogP contribution < -0.4 is 0 Å². The average Bonchev–Trinajstić information content (AvgIpc) is 2.74. The number of hydrogen-bond acceptors (Lipinski definition) is 5. The van der Waals surface area contributed by atoms with E-state index in [0.29, 0.717) is 13.0 Å². The van der Waals surface area contributed by atoms with Gasteiger partial charge in [-0.25, -0.2) is 4.39 Å². The molecule has 1 saturated heterocycles. The van der Waals surface area contributed by atoms with E-state index in [1.807, 2.05) is 6.08 Å². The van der Waals surface area contributed by atoms with Crippen LogP contribution in [0.2, 0.25) is 0 Å². The van der Waals surface area contributed by atoms with E-state index in [1.165, 1.54) is 12.1 Å². The van der Waals surface area contributed by atoms with Gasteiger partial charge < -0.3 is 14.6 Å². The Morgan fingerprint density at radius 2 is 1.84 bits per heavy atom. The van der Waals surface area contributed by atoms with Crippen molar-refractivity contribution in [3.63, 3.8) is 0 Å². The van der Waals surface area contributed by atoms with Crippen LogP contribution in [0.15, 0.2) is 30.3 Å². The SMILES string of the molecule is COCc1c(C(C)C)nc(C(C)C)c(C=C[C@@H]2C(=O)OCC[C@H]2O)c1-c1ccc(F)cc1. The number of ether oxygens (including phenoxy) is 2. The van der Waals surface area contributed by atoms with Crippen LogP contribution in [-0.4, -0.2) is 35.9 Å². The standard InChI is InChI=1S/C26H32FNO4/c1-15(2)24-20(11-10-19-22(29)12-13-32-26(19)30)23(17-6-8-18(27)9-7-17)21(14-31-5)25(28-24)16(3)4/h6-11,15-16,19,22,29H,12-14H2,1-5H3/t19-,22+/m0/s1. The predicted octanol–water partition coefficient (Wildman–Crippen LogP) is 5.22. The molecule has 1 fully saturated rings. The van der Waals surface area contributed by atoms with Gasteiger partial charge in [0, 0.05) is 30.4 Å². The van der Waals surface area contributed by atoms with Gasteiger partial charge in [-0.15, -0.1) is 0 Å². The van der Waals surface area contributed by atoms with Crippen molar-refractivity contribution in [1.82, 2.24) is 4.98 Å². The van der Waals surface area contributed by atoms with Crippen molar-refractivity contribution in [2.45, 2.75) is 58.7 Å². The van der Waals surface area contributed by atoms with Crippen molar-refractivity contribution in [2.24, 2.45) is 5.92 Å². The minimum absolute atomic E-state index is 0.103. The molecule has 0 unspecified atom stereocenters. The third-order valence-electron chi connectivity index (χ3n) is 5.73.